The lowest BCUT2D eigenvalue weighted by Crippen LogP contribution is -2.22. The normalized spacial score (nSPS) is 42.4. The molecule has 80 valence electrons. The van der Waals surface area contributed by atoms with Gasteiger partial charge in [0.2, 0.25) is 0 Å². The standard InChI is InChI=1S/C12H21NO/c1-4-12(5-7-14-6-1)8-10(12)9-13-11-2-3-11/h10-11,13H,1-9H2. The predicted octanol–water partition coefficient (Wildman–Crippen LogP) is 1.95. The molecule has 0 bridgehead atoms. The molecule has 2 heteroatoms. The molecule has 2 saturated carbocycles. The summed E-state index contributed by atoms with van der Waals surface area (Å²) < 4.78 is 5.54. The van der Waals surface area contributed by atoms with E-state index in [1.54, 1.807) is 0 Å². The maximum atomic E-state index is 5.54. The van der Waals surface area contributed by atoms with Gasteiger partial charge in [-0.3, -0.25) is 0 Å². The molecular formula is C12H21NO. The van der Waals surface area contributed by atoms with Gasteiger partial charge in [-0.2, -0.15) is 0 Å². The predicted molar refractivity (Wildman–Crippen MR) is 56.2 cm³/mol. The highest BCUT2D eigenvalue weighted by molar-refractivity contribution is 5.04. The summed E-state index contributed by atoms with van der Waals surface area (Å²) in [5.41, 5.74) is 0.707. The Hall–Kier alpha value is -0.0800. The molecule has 1 saturated heterocycles. The first kappa shape index (κ1) is 9.17. The van der Waals surface area contributed by atoms with Gasteiger partial charge in [0.15, 0.2) is 0 Å². The van der Waals surface area contributed by atoms with E-state index in [2.05, 4.69) is 5.32 Å². The molecule has 0 aromatic rings. The van der Waals surface area contributed by atoms with Gasteiger partial charge in [0.1, 0.15) is 0 Å². The van der Waals surface area contributed by atoms with Crippen LogP contribution in [0.25, 0.3) is 0 Å². The summed E-state index contributed by atoms with van der Waals surface area (Å²) in [7, 11) is 0. The SMILES string of the molecule is C1COCCC2(C1)CC2CNC1CC1. The lowest BCUT2D eigenvalue weighted by Gasteiger charge is -2.13. The van der Waals surface area contributed by atoms with Crippen LogP contribution in [0.3, 0.4) is 0 Å². The average molecular weight is 195 g/mol. The van der Waals surface area contributed by atoms with Crippen LogP contribution in [0.15, 0.2) is 0 Å². The molecule has 3 fully saturated rings. The van der Waals surface area contributed by atoms with E-state index in [4.69, 9.17) is 4.74 Å². The molecule has 1 spiro atoms. The second kappa shape index (κ2) is 3.49. The van der Waals surface area contributed by atoms with Gasteiger partial charge >= 0.3 is 0 Å². The van der Waals surface area contributed by atoms with Gasteiger partial charge in [-0.15, -0.1) is 0 Å². The van der Waals surface area contributed by atoms with E-state index in [0.717, 1.165) is 25.2 Å². The Bertz CT molecular complexity index is 204. The molecule has 1 N–H and O–H groups in total. The van der Waals surface area contributed by atoms with Gasteiger partial charge in [-0.1, -0.05) is 0 Å². The van der Waals surface area contributed by atoms with Gasteiger partial charge in [0, 0.05) is 19.3 Å². The minimum atomic E-state index is 0.707. The van der Waals surface area contributed by atoms with Crippen LogP contribution in [0.2, 0.25) is 0 Å². The monoisotopic (exact) mass is 195 g/mol. The van der Waals surface area contributed by atoms with Gasteiger partial charge in [0.05, 0.1) is 0 Å². The Morgan fingerprint density at radius 2 is 2.14 bits per heavy atom. The fourth-order valence-electron chi connectivity index (χ4n) is 2.96. The van der Waals surface area contributed by atoms with Gasteiger partial charge < -0.3 is 10.1 Å². The number of rotatable bonds is 3. The smallest absolute Gasteiger partial charge is 0.0471 e. The summed E-state index contributed by atoms with van der Waals surface area (Å²) in [6, 6.07) is 0.884. The van der Waals surface area contributed by atoms with Crippen molar-refractivity contribution in [3.8, 4) is 0 Å². The van der Waals surface area contributed by atoms with Crippen LogP contribution >= 0.6 is 0 Å². The first-order valence-corrected chi connectivity index (χ1v) is 6.20. The molecule has 14 heavy (non-hydrogen) atoms. The quantitative estimate of drug-likeness (QED) is 0.743. The maximum Gasteiger partial charge on any atom is 0.0471 e. The minimum absolute atomic E-state index is 0.707. The van der Waals surface area contributed by atoms with Crippen molar-refractivity contribution >= 4 is 0 Å². The molecule has 0 aromatic carbocycles. The zero-order chi connectivity index (χ0) is 9.43. The van der Waals surface area contributed by atoms with Crippen molar-refractivity contribution in [1.82, 2.24) is 5.32 Å². The third-order valence-electron chi connectivity index (χ3n) is 4.30. The highest BCUT2D eigenvalue weighted by atomic mass is 16.5. The number of nitrogens with one attached hydrogen (secondary N) is 1. The van der Waals surface area contributed by atoms with Crippen molar-refractivity contribution in [3.63, 3.8) is 0 Å². The fraction of sp³-hybridized carbons (Fsp3) is 1.00. The Morgan fingerprint density at radius 3 is 3.00 bits per heavy atom. The van der Waals surface area contributed by atoms with Crippen molar-refractivity contribution in [2.45, 2.75) is 44.6 Å². The summed E-state index contributed by atoms with van der Waals surface area (Å²) in [6.07, 6.45) is 8.34. The van der Waals surface area contributed by atoms with Crippen molar-refractivity contribution < 1.29 is 4.74 Å². The first-order chi connectivity index (χ1) is 6.89. The van der Waals surface area contributed by atoms with E-state index in [9.17, 15) is 0 Å². The van der Waals surface area contributed by atoms with E-state index in [1.807, 2.05) is 0 Å². The molecule has 2 aliphatic carbocycles. The third-order valence-corrected chi connectivity index (χ3v) is 4.30. The van der Waals surface area contributed by atoms with Crippen molar-refractivity contribution in [3.05, 3.63) is 0 Å². The van der Waals surface area contributed by atoms with E-state index in [1.165, 1.54) is 45.1 Å². The summed E-state index contributed by atoms with van der Waals surface area (Å²) in [5, 5.41) is 3.67. The zero-order valence-corrected chi connectivity index (χ0v) is 8.93. The van der Waals surface area contributed by atoms with E-state index < -0.39 is 0 Å². The molecule has 3 rings (SSSR count). The van der Waals surface area contributed by atoms with E-state index >= 15 is 0 Å². The van der Waals surface area contributed by atoms with Gasteiger partial charge in [-0.05, 0) is 56.4 Å². The molecular weight excluding hydrogens is 174 g/mol. The highest BCUT2D eigenvalue weighted by Gasteiger charge is 2.52. The second-order valence-electron chi connectivity index (χ2n) is 5.41. The van der Waals surface area contributed by atoms with Gasteiger partial charge in [-0.25, -0.2) is 0 Å². The van der Waals surface area contributed by atoms with Crippen LogP contribution in [-0.2, 0) is 4.74 Å². The van der Waals surface area contributed by atoms with Crippen molar-refractivity contribution in [2.24, 2.45) is 11.3 Å². The molecule has 2 atom stereocenters. The molecule has 1 heterocycles. The number of ether oxygens (including phenoxy) is 1. The second-order valence-corrected chi connectivity index (χ2v) is 5.41. The van der Waals surface area contributed by atoms with E-state index in [-0.39, 0.29) is 0 Å². The lowest BCUT2D eigenvalue weighted by molar-refractivity contribution is 0.139. The Labute approximate surface area is 86.4 Å². The number of hydrogen-bond acceptors (Lipinski definition) is 2. The summed E-state index contributed by atoms with van der Waals surface area (Å²) in [4.78, 5) is 0. The van der Waals surface area contributed by atoms with Gasteiger partial charge in [0.25, 0.3) is 0 Å². The molecule has 1 aliphatic heterocycles. The Kier molecular flexibility index (Phi) is 2.29. The molecule has 0 aromatic heterocycles. The van der Waals surface area contributed by atoms with Crippen molar-refractivity contribution in [1.29, 1.82) is 0 Å². The van der Waals surface area contributed by atoms with Crippen LogP contribution < -0.4 is 5.32 Å². The first-order valence-electron chi connectivity index (χ1n) is 6.20. The average Bonchev–Trinajstić information content (AvgIpc) is 3.05. The Morgan fingerprint density at radius 1 is 1.21 bits per heavy atom. The number of hydrogen-bond donors (Lipinski definition) is 1. The summed E-state index contributed by atoms with van der Waals surface area (Å²) in [5.74, 6) is 0.977. The topological polar surface area (TPSA) is 21.3 Å². The van der Waals surface area contributed by atoms with Crippen molar-refractivity contribution in [2.75, 3.05) is 19.8 Å². The molecule has 0 amide bonds. The van der Waals surface area contributed by atoms with Crippen LogP contribution in [0.4, 0.5) is 0 Å². The minimum Gasteiger partial charge on any atom is -0.381 e. The summed E-state index contributed by atoms with van der Waals surface area (Å²) in [6.45, 7) is 3.30. The summed E-state index contributed by atoms with van der Waals surface area (Å²) >= 11 is 0. The van der Waals surface area contributed by atoms with E-state index in [0.29, 0.717) is 5.41 Å². The third kappa shape index (κ3) is 1.82. The fourth-order valence-corrected chi connectivity index (χ4v) is 2.96. The zero-order valence-electron chi connectivity index (χ0n) is 8.93. The highest BCUT2D eigenvalue weighted by Crippen LogP contribution is 2.58. The van der Waals surface area contributed by atoms with Crippen LogP contribution in [0, 0.1) is 11.3 Å². The maximum absolute atomic E-state index is 5.54. The molecule has 2 unspecified atom stereocenters. The lowest BCUT2D eigenvalue weighted by atomic mass is 9.94. The van der Waals surface area contributed by atoms with Crippen LogP contribution in [0.5, 0.6) is 0 Å². The largest absolute Gasteiger partial charge is 0.381 e. The van der Waals surface area contributed by atoms with Crippen LogP contribution in [0.1, 0.15) is 38.5 Å². The molecule has 2 nitrogen and oxygen atoms in total. The van der Waals surface area contributed by atoms with Crippen LogP contribution in [-0.4, -0.2) is 25.8 Å². The molecule has 3 aliphatic rings. The molecule has 0 radical (unpaired) electrons. The Balaban J connectivity index is 1.47.